The van der Waals surface area contributed by atoms with Crippen LogP contribution in [0.15, 0.2) is 46.9 Å². The molecule has 0 radical (unpaired) electrons. The van der Waals surface area contributed by atoms with Crippen molar-refractivity contribution < 1.29 is 23.5 Å². The van der Waals surface area contributed by atoms with E-state index in [-0.39, 0.29) is 23.9 Å². The Bertz CT molecular complexity index is 1100. The number of likely N-dealkylation sites (N-methyl/N-ethyl adjacent to an activating group) is 1. The Morgan fingerprint density at radius 2 is 1.96 bits per heavy atom. The fourth-order valence-electron chi connectivity index (χ4n) is 3.29. The van der Waals surface area contributed by atoms with Crippen LogP contribution in [0.25, 0.3) is 11.0 Å². The molecule has 1 aromatic heterocycles. The van der Waals surface area contributed by atoms with Gasteiger partial charge in [-0.2, -0.15) is 0 Å². The van der Waals surface area contributed by atoms with Gasteiger partial charge >= 0.3 is 5.97 Å². The molecule has 3 aromatic rings. The van der Waals surface area contributed by atoms with E-state index in [9.17, 15) is 14.4 Å². The van der Waals surface area contributed by atoms with Crippen molar-refractivity contribution in [2.45, 2.75) is 13.3 Å². The highest BCUT2D eigenvalue weighted by Crippen LogP contribution is 2.29. The fraction of sp³-hybridized carbons (Fsp3) is 0.190. The van der Waals surface area contributed by atoms with Crippen LogP contribution in [0.5, 0.6) is 0 Å². The summed E-state index contributed by atoms with van der Waals surface area (Å²) in [7, 11) is 1.70. The van der Waals surface area contributed by atoms with E-state index in [1.807, 2.05) is 18.2 Å². The summed E-state index contributed by atoms with van der Waals surface area (Å²) in [4.78, 5) is 38.0. The molecule has 0 unspecified atom stereocenters. The molecule has 2 aromatic carbocycles. The van der Waals surface area contributed by atoms with Gasteiger partial charge in [-0.25, -0.2) is 4.79 Å². The number of carbonyl (C=O) groups excluding carboxylic acids is 3. The zero-order valence-corrected chi connectivity index (χ0v) is 14.9. The van der Waals surface area contributed by atoms with Crippen molar-refractivity contribution in [3.63, 3.8) is 0 Å². The maximum atomic E-state index is 12.4. The monoisotopic (exact) mass is 363 g/mol. The molecule has 0 saturated carbocycles. The standard InChI is InChI=1S/C21H17NO5/c1-12-15-5-3-4-6-18(15)27-20(12)21(25)26-11-17(23)13-7-8-16-14(9-13)10-19(24)22(16)2/h3-9H,10-11H2,1-2H3. The summed E-state index contributed by atoms with van der Waals surface area (Å²) in [5.41, 5.74) is 3.29. The van der Waals surface area contributed by atoms with E-state index in [4.69, 9.17) is 9.15 Å². The Balaban J connectivity index is 1.48. The first-order chi connectivity index (χ1) is 13.0. The van der Waals surface area contributed by atoms with Crippen LogP contribution >= 0.6 is 0 Å². The summed E-state index contributed by atoms with van der Waals surface area (Å²) in [6.07, 6.45) is 0.269. The number of esters is 1. The quantitative estimate of drug-likeness (QED) is 0.525. The number of hydrogen-bond donors (Lipinski definition) is 0. The van der Waals surface area contributed by atoms with Gasteiger partial charge in [0.25, 0.3) is 0 Å². The average molecular weight is 363 g/mol. The number of Topliss-reactive ketones (excluding diaryl/α,β-unsaturated/α-hetero) is 1. The molecule has 2 heterocycles. The summed E-state index contributed by atoms with van der Waals surface area (Å²) in [5.74, 6) is -0.915. The number of amides is 1. The first kappa shape index (κ1) is 17.0. The molecule has 1 amide bonds. The van der Waals surface area contributed by atoms with E-state index in [2.05, 4.69) is 0 Å². The lowest BCUT2D eigenvalue weighted by atomic mass is 10.1. The average Bonchev–Trinajstić information content (AvgIpc) is 3.16. The molecule has 136 valence electrons. The summed E-state index contributed by atoms with van der Waals surface area (Å²) >= 11 is 0. The third kappa shape index (κ3) is 2.89. The summed E-state index contributed by atoms with van der Waals surface area (Å²) in [6, 6.07) is 12.4. The molecule has 0 spiro atoms. The lowest BCUT2D eigenvalue weighted by molar-refractivity contribution is -0.117. The van der Waals surface area contributed by atoms with Crippen molar-refractivity contribution in [2.24, 2.45) is 0 Å². The second-order valence-electron chi connectivity index (χ2n) is 6.52. The minimum Gasteiger partial charge on any atom is -0.451 e. The second-order valence-corrected chi connectivity index (χ2v) is 6.52. The van der Waals surface area contributed by atoms with Crippen LogP contribution in [0.1, 0.15) is 32.0 Å². The summed E-state index contributed by atoms with van der Waals surface area (Å²) in [5, 5.41) is 0.836. The number of furan rings is 1. The molecular formula is C21H17NO5. The number of hydrogen-bond acceptors (Lipinski definition) is 5. The van der Waals surface area contributed by atoms with Crippen LogP contribution in [0.2, 0.25) is 0 Å². The molecule has 0 atom stereocenters. The van der Waals surface area contributed by atoms with E-state index in [0.29, 0.717) is 16.7 Å². The van der Waals surface area contributed by atoms with Gasteiger partial charge in [-0.3, -0.25) is 9.59 Å². The largest absolute Gasteiger partial charge is 0.451 e. The van der Waals surface area contributed by atoms with Crippen molar-refractivity contribution in [1.29, 1.82) is 0 Å². The Kier molecular flexibility index (Phi) is 4.03. The van der Waals surface area contributed by atoms with Crippen molar-refractivity contribution in [1.82, 2.24) is 0 Å². The smallest absolute Gasteiger partial charge is 0.375 e. The van der Waals surface area contributed by atoms with Gasteiger partial charge in [-0.15, -0.1) is 0 Å². The minimum atomic E-state index is -0.673. The van der Waals surface area contributed by atoms with Crippen molar-refractivity contribution in [3.05, 3.63) is 64.9 Å². The Hall–Kier alpha value is -3.41. The highest BCUT2D eigenvalue weighted by atomic mass is 16.5. The third-order valence-electron chi connectivity index (χ3n) is 4.84. The predicted molar refractivity (Wildman–Crippen MR) is 99.1 cm³/mol. The summed E-state index contributed by atoms with van der Waals surface area (Å²) in [6.45, 7) is 1.39. The number of para-hydroxylation sites is 1. The van der Waals surface area contributed by atoms with Crippen LogP contribution in [0.4, 0.5) is 5.69 Å². The molecule has 0 saturated heterocycles. The number of ketones is 1. The first-order valence-corrected chi connectivity index (χ1v) is 8.53. The van der Waals surface area contributed by atoms with Gasteiger partial charge in [0.1, 0.15) is 5.58 Å². The highest BCUT2D eigenvalue weighted by Gasteiger charge is 2.25. The number of aryl methyl sites for hydroxylation is 1. The molecule has 27 heavy (non-hydrogen) atoms. The maximum absolute atomic E-state index is 12.4. The zero-order chi connectivity index (χ0) is 19.1. The van der Waals surface area contributed by atoms with Gasteiger partial charge < -0.3 is 14.1 Å². The SMILES string of the molecule is Cc1c(C(=O)OCC(=O)c2ccc3c(c2)CC(=O)N3C)oc2ccccc12. The number of carbonyl (C=O) groups is 3. The number of ether oxygens (including phenoxy) is 1. The van der Waals surface area contributed by atoms with Gasteiger partial charge in [0.05, 0.1) is 6.42 Å². The number of rotatable bonds is 4. The van der Waals surface area contributed by atoms with Crippen LogP contribution < -0.4 is 4.90 Å². The van der Waals surface area contributed by atoms with E-state index in [1.54, 1.807) is 43.1 Å². The highest BCUT2D eigenvalue weighted by molar-refractivity contribution is 6.04. The van der Waals surface area contributed by atoms with Crippen LogP contribution in [-0.4, -0.2) is 31.3 Å². The number of benzene rings is 2. The number of nitrogens with zero attached hydrogens (tertiary/aromatic N) is 1. The van der Waals surface area contributed by atoms with E-state index in [1.165, 1.54) is 0 Å². The molecule has 6 heteroatoms. The molecule has 0 bridgehead atoms. The summed E-state index contributed by atoms with van der Waals surface area (Å²) < 4.78 is 10.7. The van der Waals surface area contributed by atoms with Crippen molar-refractivity contribution in [3.8, 4) is 0 Å². The van der Waals surface area contributed by atoms with Gasteiger partial charge in [-0.05, 0) is 36.8 Å². The first-order valence-electron chi connectivity index (χ1n) is 8.53. The van der Waals surface area contributed by atoms with Gasteiger partial charge in [0, 0.05) is 29.2 Å². The topological polar surface area (TPSA) is 76.8 Å². The molecule has 4 rings (SSSR count). The molecule has 0 aliphatic carbocycles. The van der Waals surface area contributed by atoms with Crippen LogP contribution in [0.3, 0.4) is 0 Å². The Morgan fingerprint density at radius 3 is 2.74 bits per heavy atom. The molecular weight excluding hydrogens is 346 g/mol. The number of anilines is 1. The van der Waals surface area contributed by atoms with E-state index < -0.39 is 12.6 Å². The van der Waals surface area contributed by atoms with Gasteiger partial charge in [-0.1, -0.05) is 18.2 Å². The second kappa shape index (κ2) is 6.39. The van der Waals surface area contributed by atoms with Gasteiger partial charge in [0.2, 0.25) is 11.7 Å². The zero-order valence-electron chi connectivity index (χ0n) is 14.9. The molecule has 0 N–H and O–H groups in total. The van der Waals surface area contributed by atoms with E-state index >= 15 is 0 Å². The molecule has 0 fully saturated rings. The number of fused-ring (bicyclic) bond motifs is 2. The van der Waals surface area contributed by atoms with Crippen LogP contribution in [0, 0.1) is 6.92 Å². The maximum Gasteiger partial charge on any atom is 0.375 e. The van der Waals surface area contributed by atoms with Crippen LogP contribution in [-0.2, 0) is 16.0 Å². The van der Waals surface area contributed by atoms with E-state index in [0.717, 1.165) is 16.6 Å². The molecule has 6 nitrogen and oxygen atoms in total. The Labute approximate surface area is 155 Å². The normalized spacial score (nSPS) is 13.1. The van der Waals surface area contributed by atoms with Crippen molar-refractivity contribution in [2.75, 3.05) is 18.6 Å². The predicted octanol–water partition coefficient (Wildman–Crippen LogP) is 3.30. The molecule has 1 aliphatic rings. The lowest BCUT2D eigenvalue weighted by Crippen LogP contribution is -2.20. The van der Waals surface area contributed by atoms with Crippen molar-refractivity contribution >= 4 is 34.3 Å². The lowest BCUT2D eigenvalue weighted by Gasteiger charge is -2.10. The van der Waals surface area contributed by atoms with Gasteiger partial charge in [0.15, 0.2) is 12.4 Å². The molecule has 1 aliphatic heterocycles. The Morgan fingerprint density at radius 1 is 1.19 bits per heavy atom. The third-order valence-corrected chi connectivity index (χ3v) is 4.84. The minimum absolute atomic E-state index is 0.0126. The fourth-order valence-corrected chi connectivity index (χ4v) is 3.29.